The zero-order chi connectivity index (χ0) is 11.0. The molecule has 2 aromatic rings. The topological polar surface area (TPSA) is 53.1 Å². The number of hydrogen-bond acceptors (Lipinski definition) is 1. The lowest BCUT2D eigenvalue weighted by Gasteiger charge is -1.95. The second-order valence-electron chi connectivity index (χ2n) is 3.18. The molecule has 0 aliphatic rings. The lowest BCUT2D eigenvalue weighted by molar-refractivity contribution is -0.136. The second-order valence-corrected chi connectivity index (χ2v) is 3.56. The largest absolute Gasteiger partial charge is 0.481 e. The van der Waals surface area contributed by atoms with Crippen LogP contribution in [-0.2, 0) is 11.2 Å². The molecule has 0 saturated carbocycles. The normalized spacial score (nSPS) is 10.8. The highest BCUT2D eigenvalue weighted by Crippen LogP contribution is 2.27. The van der Waals surface area contributed by atoms with Gasteiger partial charge in [0, 0.05) is 16.5 Å². The molecule has 1 heterocycles. The molecule has 0 saturated heterocycles. The first-order chi connectivity index (χ1) is 7.08. The van der Waals surface area contributed by atoms with Gasteiger partial charge in [0.15, 0.2) is 0 Å². The number of halogens is 2. The van der Waals surface area contributed by atoms with E-state index in [2.05, 4.69) is 4.98 Å². The van der Waals surface area contributed by atoms with Crippen LogP contribution in [0.5, 0.6) is 0 Å². The van der Waals surface area contributed by atoms with Crippen molar-refractivity contribution < 1.29 is 14.3 Å². The summed E-state index contributed by atoms with van der Waals surface area (Å²) >= 11 is 5.82. The number of aliphatic carboxylic acids is 1. The maximum absolute atomic E-state index is 13.0. The molecule has 78 valence electrons. The Morgan fingerprint density at radius 3 is 2.93 bits per heavy atom. The van der Waals surface area contributed by atoms with Gasteiger partial charge in [-0.2, -0.15) is 0 Å². The number of benzene rings is 1. The van der Waals surface area contributed by atoms with Gasteiger partial charge in [0.05, 0.1) is 6.42 Å². The maximum Gasteiger partial charge on any atom is 0.307 e. The lowest BCUT2D eigenvalue weighted by atomic mass is 10.1. The Hall–Kier alpha value is -1.55. The van der Waals surface area contributed by atoms with Crippen LogP contribution in [-0.4, -0.2) is 16.1 Å². The monoisotopic (exact) mass is 227 g/mol. The van der Waals surface area contributed by atoms with Crippen LogP contribution < -0.4 is 0 Å². The van der Waals surface area contributed by atoms with Crippen LogP contribution in [0.3, 0.4) is 0 Å². The molecular weight excluding hydrogens is 221 g/mol. The molecule has 3 nitrogen and oxygen atoms in total. The zero-order valence-electron chi connectivity index (χ0n) is 7.55. The zero-order valence-corrected chi connectivity index (χ0v) is 8.31. The van der Waals surface area contributed by atoms with Crippen molar-refractivity contribution in [2.75, 3.05) is 0 Å². The van der Waals surface area contributed by atoms with Crippen molar-refractivity contribution in [2.24, 2.45) is 0 Å². The average molecular weight is 228 g/mol. The first-order valence-corrected chi connectivity index (χ1v) is 4.63. The summed E-state index contributed by atoms with van der Waals surface area (Å²) in [6.45, 7) is 0. The van der Waals surface area contributed by atoms with Gasteiger partial charge in [-0.1, -0.05) is 11.6 Å². The Morgan fingerprint density at radius 2 is 2.27 bits per heavy atom. The van der Waals surface area contributed by atoms with Crippen LogP contribution in [0.4, 0.5) is 4.39 Å². The van der Waals surface area contributed by atoms with Crippen molar-refractivity contribution >= 4 is 28.5 Å². The van der Waals surface area contributed by atoms with E-state index in [4.69, 9.17) is 16.7 Å². The summed E-state index contributed by atoms with van der Waals surface area (Å²) in [5.41, 5.74) is 1.05. The van der Waals surface area contributed by atoms with Crippen LogP contribution in [0.1, 0.15) is 5.56 Å². The smallest absolute Gasteiger partial charge is 0.307 e. The quantitative estimate of drug-likeness (QED) is 0.829. The fourth-order valence-corrected chi connectivity index (χ4v) is 1.78. The van der Waals surface area contributed by atoms with Gasteiger partial charge in [-0.15, -0.1) is 0 Å². The van der Waals surface area contributed by atoms with Crippen LogP contribution >= 0.6 is 11.6 Å². The van der Waals surface area contributed by atoms with Gasteiger partial charge >= 0.3 is 5.97 Å². The number of fused-ring (bicyclic) bond motifs is 1. The van der Waals surface area contributed by atoms with Crippen LogP contribution in [0, 0.1) is 5.82 Å². The molecule has 0 spiro atoms. The van der Waals surface area contributed by atoms with Gasteiger partial charge in [-0.05, 0) is 18.2 Å². The summed E-state index contributed by atoms with van der Waals surface area (Å²) in [6.07, 6.45) is -0.220. The third kappa shape index (κ3) is 1.80. The number of carboxylic acid groups (broad SMARTS) is 1. The first-order valence-electron chi connectivity index (χ1n) is 4.25. The van der Waals surface area contributed by atoms with Crippen molar-refractivity contribution in [1.82, 2.24) is 4.98 Å². The summed E-state index contributed by atoms with van der Waals surface area (Å²) in [4.78, 5) is 13.4. The maximum atomic E-state index is 13.0. The minimum Gasteiger partial charge on any atom is -0.481 e. The number of hydrogen-bond donors (Lipinski definition) is 2. The van der Waals surface area contributed by atoms with E-state index in [0.29, 0.717) is 16.5 Å². The lowest BCUT2D eigenvalue weighted by Crippen LogP contribution is -1.99. The molecule has 1 aromatic carbocycles. The Morgan fingerprint density at radius 1 is 1.53 bits per heavy atom. The number of aromatic amines is 1. The molecule has 2 N–H and O–H groups in total. The molecule has 1 aromatic heterocycles. The van der Waals surface area contributed by atoms with E-state index in [1.54, 1.807) is 0 Å². The van der Waals surface area contributed by atoms with E-state index in [-0.39, 0.29) is 11.6 Å². The minimum atomic E-state index is -0.998. The number of H-pyrrole nitrogens is 1. The summed E-state index contributed by atoms with van der Waals surface area (Å²) in [5, 5.41) is 9.44. The molecule has 2 rings (SSSR count). The van der Waals surface area contributed by atoms with Crippen LogP contribution in [0.25, 0.3) is 10.9 Å². The molecule has 0 radical (unpaired) electrons. The molecular formula is C10H7ClFNO2. The molecule has 0 bridgehead atoms. The highest BCUT2D eigenvalue weighted by molar-refractivity contribution is 6.32. The van der Waals surface area contributed by atoms with E-state index in [9.17, 15) is 9.18 Å². The van der Waals surface area contributed by atoms with Crippen molar-refractivity contribution in [3.63, 3.8) is 0 Å². The molecule has 0 fully saturated rings. The molecule has 0 unspecified atom stereocenters. The number of nitrogens with one attached hydrogen (secondary N) is 1. The van der Waals surface area contributed by atoms with Gasteiger partial charge in [-0.25, -0.2) is 4.39 Å². The van der Waals surface area contributed by atoms with Gasteiger partial charge in [-0.3, -0.25) is 4.79 Å². The molecule has 0 aliphatic heterocycles. The molecule has 0 amide bonds. The van der Waals surface area contributed by atoms with Crippen molar-refractivity contribution in [2.45, 2.75) is 6.42 Å². The third-order valence-corrected chi connectivity index (χ3v) is 2.47. The number of carbonyl (C=O) groups is 1. The van der Waals surface area contributed by atoms with Crippen LogP contribution in [0.2, 0.25) is 5.15 Å². The second kappa shape index (κ2) is 3.55. The Balaban J connectivity index is 2.65. The number of rotatable bonds is 2. The molecule has 0 aliphatic carbocycles. The number of aromatic nitrogens is 1. The van der Waals surface area contributed by atoms with E-state index < -0.39 is 11.8 Å². The van der Waals surface area contributed by atoms with E-state index in [1.807, 2.05) is 0 Å². The Kier molecular flexibility index (Phi) is 2.36. The Labute approximate surface area is 89.5 Å². The van der Waals surface area contributed by atoms with E-state index >= 15 is 0 Å². The first kappa shape index (κ1) is 9.98. The average Bonchev–Trinajstić information content (AvgIpc) is 2.43. The van der Waals surface area contributed by atoms with Gasteiger partial charge in [0.1, 0.15) is 11.0 Å². The standard InChI is InChI=1S/C10H7ClFNO2/c11-10-7(4-9(14)15)6-3-5(12)1-2-8(6)13-10/h1-3,13H,4H2,(H,14,15). The fourth-order valence-electron chi connectivity index (χ4n) is 1.51. The summed E-state index contributed by atoms with van der Waals surface area (Å²) in [5.74, 6) is -1.41. The Bertz CT molecular complexity index is 535. The summed E-state index contributed by atoms with van der Waals surface area (Å²) in [6, 6.07) is 4.09. The molecule has 5 heteroatoms. The summed E-state index contributed by atoms with van der Waals surface area (Å²) in [7, 11) is 0. The summed E-state index contributed by atoms with van der Waals surface area (Å²) < 4.78 is 13.0. The van der Waals surface area contributed by atoms with E-state index in [0.717, 1.165) is 0 Å². The van der Waals surface area contributed by atoms with Crippen molar-refractivity contribution in [3.05, 3.63) is 34.7 Å². The third-order valence-electron chi connectivity index (χ3n) is 2.14. The predicted molar refractivity (Wildman–Crippen MR) is 54.6 cm³/mol. The van der Waals surface area contributed by atoms with E-state index in [1.165, 1.54) is 18.2 Å². The highest BCUT2D eigenvalue weighted by Gasteiger charge is 2.13. The van der Waals surface area contributed by atoms with Crippen LogP contribution in [0.15, 0.2) is 18.2 Å². The van der Waals surface area contributed by atoms with Gasteiger partial charge in [0.25, 0.3) is 0 Å². The van der Waals surface area contributed by atoms with Crippen molar-refractivity contribution in [1.29, 1.82) is 0 Å². The van der Waals surface area contributed by atoms with Gasteiger partial charge < -0.3 is 10.1 Å². The highest BCUT2D eigenvalue weighted by atomic mass is 35.5. The molecule has 0 atom stereocenters. The molecule has 15 heavy (non-hydrogen) atoms. The van der Waals surface area contributed by atoms with Gasteiger partial charge in [0.2, 0.25) is 0 Å². The predicted octanol–water partition coefficient (Wildman–Crippen LogP) is 2.59. The minimum absolute atomic E-state index is 0.220. The SMILES string of the molecule is O=C(O)Cc1c(Cl)[nH]c2ccc(F)cc12. The number of carboxylic acids is 1. The van der Waals surface area contributed by atoms with Crippen molar-refractivity contribution in [3.8, 4) is 0 Å². The fraction of sp³-hybridized carbons (Fsp3) is 0.100.